The Bertz CT molecular complexity index is 1040. The highest BCUT2D eigenvalue weighted by atomic mass is 35.5. The quantitative estimate of drug-likeness (QED) is 0.632. The zero-order chi connectivity index (χ0) is 19.9. The Hall–Kier alpha value is -3.77. The zero-order valence-corrected chi connectivity index (χ0v) is 15.1. The van der Waals surface area contributed by atoms with E-state index in [4.69, 9.17) is 21.6 Å². The average Bonchev–Trinajstić information content (AvgIpc) is 3.16. The predicted octanol–water partition coefficient (Wildman–Crippen LogP) is 2.05. The first-order valence-corrected chi connectivity index (χ1v) is 8.41. The van der Waals surface area contributed by atoms with Crippen LogP contribution in [0, 0.1) is 11.3 Å². The molecule has 3 aromatic rings. The van der Waals surface area contributed by atoms with E-state index in [1.807, 2.05) is 6.07 Å². The minimum atomic E-state index is -0.705. The molecule has 1 aromatic heterocycles. The molecule has 10 heteroatoms. The maximum absolute atomic E-state index is 11.9. The first kappa shape index (κ1) is 19.0. The number of hydrogen-bond donors (Lipinski definition) is 1. The van der Waals surface area contributed by atoms with Gasteiger partial charge in [-0.05, 0) is 41.6 Å². The summed E-state index contributed by atoms with van der Waals surface area (Å²) in [4.78, 5) is 24.8. The van der Waals surface area contributed by atoms with E-state index in [1.54, 1.807) is 48.5 Å². The second kappa shape index (κ2) is 8.75. The highest BCUT2D eigenvalue weighted by Gasteiger charge is 2.13. The van der Waals surface area contributed by atoms with E-state index in [1.165, 1.54) is 0 Å². The molecule has 0 saturated heterocycles. The summed E-state index contributed by atoms with van der Waals surface area (Å²) in [6, 6.07) is 15.3. The lowest BCUT2D eigenvalue weighted by atomic mass is 10.2. The SMILES string of the molecule is N#Cc1ccccc1NC(=O)COC(=O)Cn1nnc(-c2ccc(Cl)cc2)n1. The number of hydrogen-bond acceptors (Lipinski definition) is 7. The molecule has 0 unspecified atom stereocenters. The van der Waals surface area contributed by atoms with Crippen LogP contribution in [0.1, 0.15) is 5.56 Å². The van der Waals surface area contributed by atoms with Crippen molar-refractivity contribution in [2.75, 3.05) is 11.9 Å². The number of nitrogens with zero attached hydrogens (tertiary/aromatic N) is 5. The Labute approximate surface area is 164 Å². The molecule has 0 spiro atoms. The maximum atomic E-state index is 11.9. The van der Waals surface area contributed by atoms with Crippen LogP contribution in [0.4, 0.5) is 5.69 Å². The van der Waals surface area contributed by atoms with Crippen molar-refractivity contribution in [3.8, 4) is 17.5 Å². The third kappa shape index (κ3) is 4.90. The van der Waals surface area contributed by atoms with Gasteiger partial charge in [0.1, 0.15) is 6.07 Å². The van der Waals surface area contributed by atoms with Gasteiger partial charge < -0.3 is 10.1 Å². The van der Waals surface area contributed by atoms with Gasteiger partial charge in [-0.2, -0.15) is 10.1 Å². The van der Waals surface area contributed by atoms with Gasteiger partial charge in [-0.3, -0.25) is 4.79 Å². The number of carbonyl (C=O) groups excluding carboxylic acids is 2. The molecule has 0 aliphatic carbocycles. The van der Waals surface area contributed by atoms with Crippen LogP contribution in [-0.4, -0.2) is 38.7 Å². The molecule has 140 valence electrons. The zero-order valence-electron chi connectivity index (χ0n) is 14.4. The molecule has 2 aromatic carbocycles. The number of nitrogens with one attached hydrogen (secondary N) is 1. The van der Waals surface area contributed by atoms with Gasteiger partial charge in [-0.25, -0.2) is 4.79 Å². The van der Waals surface area contributed by atoms with Crippen molar-refractivity contribution in [2.45, 2.75) is 6.54 Å². The molecule has 0 aliphatic rings. The van der Waals surface area contributed by atoms with Gasteiger partial charge in [-0.15, -0.1) is 10.2 Å². The fourth-order valence-electron chi connectivity index (χ4n) is 2.21. The third-order valence-corrected chi connectivity index (χ3v) is 3.76. The number of ether oxygens (including phenoxy) is 1. The molecule has 1 N–H and O–H groups in total. The number of carbonyl (C=O) groups is 2. The molecule has 0 bridgehead atoms. The van der Waals surface area contributed by atoms with Crippen molar-refractivity contribution in [1.29, 1.82) is 5.26 Å². The normalized spacial score (nSPS) is 10.1. The van der Waals surface area contributed by atoms with E-state index in [2.05, 4.69) is 20.7 Å². The summed E-state index contributed by atoms with van der Waals surface area (Å²) in [6.45, 7) is -0.806. The molecular formula is C18H13ClN6O3. The van der Waals surface area contributed by atoms with Crippen molar-refractivity contribution >= 4 is 29.2 Å². The van der Waals surface area contributed by atoms with Crippen molar-refractivity contribution in [3.05, 3.63) is 59.1 Å². The predicted molar refractivity (Wildman–Crippen MR) is 99.0 cm³/mol. The number of amides is 1. The van der Waals surface area contributed by atoms with Crippen LogP contribution >= 0.6 is 11.6 Å². The fourth-order valence-corrected chi connectivity index (χ4v) is 2.33. The largest absolute Gasteiger partial charge is 0.454 e. The van der Waals surface area contributed by atoms with Crippen LogP contribution in [0.5, 0.6) is 0 Å². The van der Waals surface area contributed by atoms with Gasteiger partial charge in [-0.1, -0.05) is 23.7 Å². The van der Waals surface area contributed by atoms with E-state index in [0.717, 1.165) is 4.80 Å². The summed E-state index contributed by atoms with van der Waals surface area (Å²) >= 11 is 5.83. The smallest absolute Gasteiger partial charge is 0.330 e. The van der Waals surface area contributed by atoms with Gasteiger partial charge in [0, 0.05) is 10.6 Å². The number of nitriles is 1. The number of para-hydroxylation sites is 1. The van der Waals surface area contributed by atoms with Crippen LogP contribution in [0.2, 0.25) is 5.02 Å². The Morgan fingerprint density at radius 3 is 2.68 bits per heavy atom. The molecule has 1 heterocycles. The van der Waals surface area contributed by atoms with Gasteiger partial charge in [0.2, 0.25) is 5.82 Å². The van der Waals surface area contributed by atoms with Crippen molar-refractivity contribution in [2.24, 2.45) is 0 Å². The molecule has 9 nitrogen and oxygen atoms in total. The van der Waals surface area contributed by atoms with Crippen LogP contribution in [-0.2, 0) is 20.9 Å². The molecular weight excluding hydrogens is 384 g/mol. The highest BCUT2D eigenvalue weighted by molar-refractivity contribution is 6.30. The molecule has 0 fully saturated rings. The van der Waals surface area contributed by atoms with E-state index >= 15 is 0 Å². The monoisotopic (exact) mass is 396 g/mol. The maximum Gasteiger partial charge on any atom is 0.330 e. The molecule has 0 saturated carbocycles. The summed E-state index contributed by atoms with van der Waals surface area (Å²) in [6.07, 6.45) is 0. The van der Waals surface area contributed by atoms with Crippen LogP contribution in [0.3, 0.4) is 0 Å². The van der Waals surface area contributed by atoms with E-state index in [-0.39, 0.29) is 6.54 Å². The lowest BCUT2D eigenvalue weighted by molar-refractivity contribution is -0.148. The first-order valence-electron chi connectivity index (χ1n) is 8.03. The number of halogens is 1. The van der Waals surface area contributed by atoms with E-state index in [9.17, 15) is 9.59 Å². The van der Waals surface area contributed by atoms with Gasteiger partial charge in [0.25, 0.3) is 5.91 Å². The lowest BCUT2D eigenvalue weighted by Crippen LogP contribution is -2.24. The summed E-state index contributed by atoms with van der Waals surface area (Å²) in [5, 5.41) is 23.8. The average molecular weight is 397 g/mol. The summed E-state index contributed by atoms with van der Waals surface area (Å²) in [5.74, 6) is -0.941. The number of esters is 1. The summed E-state index contributed by atoms with van der Waals surface area (Å²) in [7, 11) is 0. The molecule has 0 atom stereocenters. The minimum Gasteiger partial charge on any atom is -0.454 e. The number of aromatic nitrogens is 4. The van der Waals surface area contributed by atoms with Gasteiger partial charge in [0.15, 0.2) is 13.2 Å². The molecule has 0 aliphatic heterocycles. The Kier molecular flexibility index (Phi) is 5.94. The third-order valence-electron chi connectivity index (χ3n) is 3.51. The van der Waals surface area contributed by atoms with Gasteiger partial charge >= 0.3 is 5.97 Å². The molecule has 0 radical (unpaired) electrons. The van der Waals surface area contributed by atoms with Crippen LogP contribution in [0.15, 0.2) is 48.5 Å². The number of benzene rings is 2. The van der Waals surface area contributed by atoms with Crippen molar-refractivity contribution < 1.29 is 14.3 Å². The molecule has 28 heavy (non-hydrogen) atoms. The van der Waals surface area contributed by atoms with Crippen LogP contribution in [0.25, 0.3) is 11.4 Å². The molecule has 3 rings (SSSR count). The van der Waals surface area contributed by atoms with Crippen molar-refractivity contribution in [3.63, 3.8) is 0 Å². The van der Waals surface area contributed by atoms with Crippen LogP contribution < -0.4 is 5.32 Å². The van der Waals surface area contributed by atoms with Crippen molar-refractivity contribution in [1.82, 2.24) is 20.2 Å². The second-order valence-corrected chi connectivity index (χ2v) is 5.95. The topological polar surface area (TPSA) is 123 Å². The number of tetrazole rings is 1. The highest BCUT2D eigenvalue weighted by Crippen LogP contribution is 2.17. The Balaban J connectivity index is 1.51. The second-order valence-electron chi connectivity index (χ2n) is 5.52. The molecule has 1 amide bonds. The minimum absolute atomic E-state index is 0.303. The van der Waals surface area contributed by atoms with E-state index < -0.39 is 18.5 Å². The van der Waals surface area contributed by atoms with E-state index in [0.29, 0.717) is 27.7 Å². The summed E-state index contributed by atoms with van der Waals surface area (Å²) in [5.41, 5.74) is 1.35. The summed E-state index contributed by atoms with van der Waals surface area (Å²) < 4.78 is 4.90. The van der Waals surface area contributed by atoms with Gasteiger partial charge in [0.05, 0.1) is 11.3 Å². The Morgan fingerprint density at radius 2 is 1.93 bits per heavy atom. The number of anilines is 1. The standard InChI is InChI=1S/C18H13ClN6O3/c19-14-7-5-12(6-8-14)18-22-24-25(23-18)10-17(27)28-11-16(26)21-15-4-2-1-3-13(15)9-20/h1-8H,10-11H2,(H,21,26). The number of rotatable bonds is 6. The lowest BCUT2D eigenvalue weighted by Gasteiger charge is -2.07. The first-order chi connectivity index (χ1) is 13.5. The Morgan fingerprint density at radius 1 is 1.18 bits per heavy atom. The fraction of sp³-hybridized carbons (Fsp3) is 0.111.